The minimum absolute atomic E-state index is 0.108. The van der Waals surface area contributed by atoms with Gasteiger partial charge in [0.1, 0.15) is 0 Å². The summed E-state index contributed by atoms with van der Waals surface area (Å²) in [5.74, 6) is 0. The zero-order valence-corrected chi connectivity index (χ0v) is 11.8. The third kappa shape index (κ3) is 1.79. The van der Waals surface area contributed by atoms with E-state index < -0.39 is 0 Å². The second-order valence-corrected chi connectivity index (χ2v) is 7.41. The van der Waals surface area contributed by atoms with Crippen molar-refractivity contribution in [1.82, 2.24) is 10.2 Å². The lowest BCUT2D eigenvalue weighted by atomic mass is 9.70. The molecule has 1 unspecified atom stereocenters. The predicted molar refractivity (Wildman–Crippen MR) is 71.9 cm³/mol. The van der Waals surface area contributed by atoms with E-state index in [4.69, 9.17) is 4.74 Å². The van der Waals surface area contributed by atoms with E-state index in [1.54, 1.807) is 0 Å². The molecule has 4 rings (SSSR count). The van der Waals surface area contributed by atoms with Crippen LogP contribution in [-0.4, -0.2) is 42.3 Å². The van der Waals surface area contributed by atoms with Crippen LogP contribution in [0.1, 0.15) is 51.4 Å². The molecule has 2 heterocycles. The molecule has 0 radical (unpaired) electrons. The summed E-state index contributed by atoms with van der Waals surface area (Å²) in [5, 5.41) is 3.78. The van der Waals surface area contributed by atoms with E-state index in [-0.39, 0.29) is 11.6 Å². The molecule has 2 saturated heterocycles. The highest BCUT2D eigenvalue weighted by Crippen LogP contribution is 2.56. The van der Waals surface area contributed by atoms with Crippen molar-refractivity contribution in [1.29, 1.82) is 0 Å². The van der Waals surface area contributed by atoms with Gasteiger partial charge < -0.3 is 15.0 Å². The van der Waals surface area contributed by atoms with Crippen LogP contribution in [0, 0.1) is 5.41 Å². The van der Waals surface area contributed by atoms with Gasteiger partial charge in [0.05, 0.1) is 7.11 Å². The summed E-state index contributed by atoms with van der Waals surface area (Å²) in [6.07, 6.45) is 9.99. The van der Waals surface area contributed by atoms with Crippen LogP contribution in [-0.2, 0) is 4.74 Å². The number of hydrogen-bond acceptors (Lipinski definition) is 3. The summed E-state index contributed by atoms with van der Waals surface area (Å²) in [6, 6.07) is 0. The Morgan fingerprint density at radius 1 is 1.05 bits per heavy atom. The Bertz CT molecular complexity index is 397. The van der Waals surface area contributed by atoms with Crippen LogP contribution in [0.25, 0.3) is 0 Å². The van der Waals surface area contributed by atoms with Gasteiger partial charge in [0, 0.05) is 29.6 Å². The standard InChI is InChI=1S/C15H24N2O2/c1-19-12(18)17-11-13(3-7-15(17)8-9-15)2-4-14(5-6-14)16-10-13/h16H,2-11H2,1H3. The lowest BCUT2D eigenvalue weighted by Gasteiger charge is -2.50. The van der Waals surface area contributed by atoms with E-state index in [0.29, 0.717) is 11.0 Å². The van der Waals surface area contributed by atoms with E-state index in [1.165, 1.54) is 58.5 Å². The third-order valence-corrected chi connectivity index (χ3v) is 6.23. The molecular formula is C15H24N2O2. The monoisotopic (exact) mass is 264 g/mol. The maximum absolute atomic E-state index is 12.1. The molecule has 1 amide bonds. The first-order valence-electron chi connectivity index (χ1n) is 7.72. The summed E-state index contributed by atoms with van der Waals surface area (Å²) in [6.45, 7) is 2.00. The first-order valence-corrected chi connectivity index (χ1v) is 7.72. The minimum Gasteiger partial charge on any atom is -0.453 e. The number of carbonyl (C=O) groups excluding carboxylic acids is 1. The average molecular weight is 264 g/mol. The average Bonchev–Trinajstić information content (AvgIpc) is 3.35. The fourth-order valence-electron chi connectivity index (χ4n) is 4.23. The van der Waals surface area contributed by atoms with Crippen molar-refractivity contribution < 1.29 is 9.53 Å². The van der Waals surface area contributed by atoms with Crippen molar-refractivity contribution in [2.75, 3.05) is 20.2 Å². The summed E-state index contributed by atoms with van der Waals surface area (Å²) < 4.78 is 5.02. The Hall–Kier alpha value is -0.770. The van der Waals surface area contributed by atoms with E-state index in [2.05, 4.69) is 10.2 Å². The van der Waals surface area contributed by atoms with Crippen LogP contribution in [0.15, 0.2) is 0 Å². The Morgan fingerprint density at radius 2 is 1.68 bits per heavy atom. The minimum atomic E-state index is -0.108. The van der Waals surface area contributed by atoms with Crippen molar-refractivity contribution in [3.63, 3.8) is 0 Å². The second-order valence-electron chi connectivity index (χ2n) is 7.41. The van der Waals surface area contributed by atoms with Crippen molar-refractivity contribution in [3.05, 3.63) is 0 Å². The number of nitrogens with one attached hydrogen (secondary N) is 1. The van der Waals surface area contributed by atoms with Gasteiger partial charge >= 0.3 is 6.09 Å². The molecule has 106 valence electrons. The van der Waals surface area contributed by atoms with Gasteiger partial charge in [0.2, 0.25) is 0 Å². The number of amides is 1. The first kappa shape index (κ1) is 12.0. The van der Waals surface area contributed by atoms with Gasteiger partial charge in [0.25, 0.3) is 0 Å². The summed E-state index contributed by atoms with van der Waals surface area (Å²) >= 11 is 0. The van der Waals surface area contributed by atoms with Gasteiger partial charge in [-0.05, 0) is 51.4 Å². The fraction of sp³-hybridized carbons (Fsp3) is 0.933. The van der Waals surface area contributed by atoms with Gasteiger partial charge in [-0.3, -0.25) is 0 Å². The molecule has 0 bridgehead atoms. The summed E-state index contributed by atoms with van der Waals surface area (Å²) in [5.41, 5.74) is 0.985. The first-order chi connectivity index (χ1) is 9.11. The van der Waals surface area contributed by atoms with Crippen molar-refractivity contribution >= 4 is 6.09 Å². The molecule has 1 N–H and O–H groups in total. The Kier molecular flexibility index (Phi) is 2.31. The van der Waals surface area contributed by atoms with E-state index in [0.717, 1.165) is 13.1 Å². The maximum atomic E-state index is 12.1. The van der Waals surface area contributed by atoms with Crippen molar-refractivity contribution in [3.8, 4) is 0 Å². The highest BCUT2D eigenvalue weighted by molar-refractivity contribution is 5.69. The molecule has 2 saturated carbocycles. The molecule has 19 heavy (non-hydrogen) atoms. The smallest absolute Gasteiger partial charge is 0.409 e. The van der Waals surface area contributed by atoms with Gasteiger partial charge in [-0.25, -0.2) is 4.79 Å². The van der Waals surface area contributed by atoms with Crippen LogP contribution >= 0.6 is 0 Å². The van der Waals surface area contributed by atoms with Crippen LogP contribution in [0.3, 0.4) is 0 Å². The second kappa shape index (κ2) is 3.66. The lowest BCUT2D eigenvalue weighted by Crippen LogP contribution is -2.59. The summed E-state index contributed by atoms with van der Waals surface area (Å²) in [4.78, 5) is 14.1. The Labute approximate surface area is 114 Å². The van der Waals surface area contributed by atoms with Crippen LogP contribution in [0.4, 0.5) is 4.79 Å². The number of hydrogen-bond donors (Lipinski definition) is 1. The molecule has 1 atom stereocenters. The maximum Gasteiger partial charge on any atom is 0.409 e. The van der Waals surface area contributed by atoms with Gasteiger partial charge in [-0.1, -0.05) is 0 Å². The number of rotatable bonds is 0. The lowest BCUT2D eigenvalue weighted by molar-refractivity contribution is 0.00581. The van der Waals surface area contributed by atoms with Gasteiger partial charge in [-0.15, -0.1) is 0 Å². The van der Waals surface area contributed by atoms with E-state index in [9.17, 15) is 4.79 Å². The molecule has 4 aliphatic rings. The topological polar surface area (TPSA) is 41.6 Å². The van der Waals surface area contributed by atoms with Crippen molar-refractivity contribution in [2.24, 2.45) is 5.41 Å². The Balaban J connectivity index is 1.51. The highest BCUT2D eigenvalue weighted by Gasteiger charge is 2.58. The number of nitrogens with zero attached hydrogens (tertiary/aromatic N) is 1. The molecule has 0 aromatic heterocycles. The van der Waals surface area contributed by atoms with Gasteiger partial charge in [-0.2, -0.15) is 0 Å². The molecule has 0 aromatic rings. The largest absolute Gasteiger partial charge is 0.453 e. The SMILES string of the molecule is COC(=O)N1CC2(CCC3(CC3)NC2)CCC12CC2. The molecule has 3 spiro atoms. The highest BCUT2D eigenvalue weighted by atomic mass is 16.5. The molecule has 2 aliphatic heterocycles. The fourth-order valence-corrected chi connectivity index (χ4v) is 4.23. The van der Waals surface area contributed by atoms with Crippen LogP contribution < -0.4 is 5.32 Å². The zero-order chi connectivity index (χ0) is 13.1. The number of piperidine rings is 2. The normalized spacial score (nSPS) is 37.6. The zero-order valence-electron chi connectivity index (χ0n) is 11.8. The molecule has 0 aromatic carbocycles. The summed E-state index contributed by atoms with van der Waals surface area (Å²) in [7, 11) is 1.51. The number of methoxy groups -OCH3 is 1. The quantitative estimate of drug-likeness (QED) is 0.730. The van der Waals surface area contributed by atoms with Crippen LogP contribution in [0.5, 0.6) is 0 Å². The van der Waals surface area contributed by atoms with E-state index >= 15 is 0 Å². The van der Waals surface area contributed by atoms with Gasteiger partial charge in [0.15, 0.2) is 0 Å². The van der Waals surface area contributed by atoms with Crippen LogP contribution in [0.2, 0.25) is 0 Å². The molecular weight excluding hydrogens is 240 g/mol. The predicted octanol–water partition coefficient (Wildman–Crippen LogP) is 2.28. The van der Waals surface area contributed by atoms with Crippen molar-refractivity contribution in [2.45, 2.75) is 62.4 Å². The molecule has 2 aliphatic carbocycles. The number of carbonyl (C=O) groups is 1. The Morgan fingerprint density at radius 3 is 2.21 bits per heavy atom. The molecule has 4 heteroatoms. The van der Waals surface area contributed by atoms with E-state index in [1.807, 2.05) is 0 Å². The molecule has 4 nitrogen and oxygen atoms in total. The molecule has 4 fully saturated rings. The number of ether oxygens (including phenoxy) is 1. The third-order valence-electron chi connectivity index (χ3n) is 6.23. The number of likely N-dealkylation sites (tertiary alicyclic amines) is 1.